The lowest BCUT2D eigenvalue weighted by Gasteiger charge is -2.06. The quantitative estimate of drug-likeness (QED) is 0.418. The molecule has 0 aromatic carbocycles. The lowest BCUT2D eigenvalue weighted by atomic mass is 10.3. The summed E-state index contributed by atoms with van der Waals surface area (Å²) in [5, 5.41) is 18.4. The van der Waals surface area contributed by atoms with Gasteiger partial charge in [0.1, 0.15) is 0 Å². The van der Waals surface area contributed by atoms with E-state index < -0.39 is 17.9 Å². The first-order valence-corrected chi connectivity index (χ1v) is 2.72. The molecule has 1 unspecified atom stereocenters. The lowest BCUT2D eigenvalue weighted by Crippen LogP contribution is -2.39. The van der Waals surface area contributed by atoms with Crippen molar-refractivity contribution in [1.82, 2.24) is 5.32 Å². The molecule has 0 saturated heterocycles. The highest BCUT2D eigenvalue weighted by Gasteiger charge is 2.12. The largest absolute Gasteiger partial charge is 0.474 e. The Labute approximate surface area is 57.7 Å². The van der Waals surface area contributed by atoms with Crippen molar-refractivity contribution in [2.75, 3.05) is 6.61 Å². The van der Waals surface area contributed by atoms with Crippen molar-refractivity contribution in [3.8, 4) is 0 Å². The van der Waals surface area contributed by atoms with Gasteiger partial charge in [-0.05, 0) is 6.92 Å². The fourth-order valence-electron chi connectivity index (χ4n) is 0.331. The second-order valence-corrected chi connectivity index (χ2v) is 1.86. The van der Waals surface area contributed by atoms with Crippen LogP contribution in [0.1, 0.15) is 6.92 Å². The van der Waals surface area contributed by atoms with Gasteiger partial charge < -0.3 is 15.5 Å². The number of carbonyl (C=O) groups is 2. The number of aliphatic hydroxyl groups excluding tert-OH is 1. The van der Waals surface area contributed by atoms with Crippen LogP contribution in [0.25, 0.3) is 0 Å². The minimum atomic E-state index is -1.54. The first kappa shape index (κ1) is 8.90. The molecule has 0 saturated carbocycles. The van der Waals surface area contributed by atoms with Crippen LogP contribution < -0.4 is 5.32 Å². The Bertz CT molecular complexity index is 145. The topological polar surface area (TPSA) is 86.6 Å². The van der Waals surface area contributed by atoms with Gasteiger partial charge in [0.05, 0.1) is 6.61 Å². The molecule has 1 amide bonds. The van der Waals surface area contributed by atoms with Gasteiger partial charge in [-0.3, -0.25) is 4.79 Å². The molecule has 1 atom stereocenters. The number of carboxylic acid groups (broad SMARTS) is 1. The highest BCUT2D eigenvalue weighted by Crippen LogP contribution is 1.77. The zero-order chi connectivity index (χ0) is 8.15. The van der Waals surface area contributed by atoms with Crippen LogP contribution in [-0.4, -0.2) is 34.7 Å². The molecule has 0 radical (unpaired) electrons. The molecule has 0 aromatic rings. The fourth-order valence-corrected chi connectivity index (χ4v) is 0.331. The van der Waals surface area contributed by atoms with Crippen molar-refractivity contribution in [3.05, 3.63) is 0 Å². The predicted molar refractivity (Wildman–Crippen MR) is 32.3 cm³/mol. The van der Waals surface area contributed by atoms with E-state index in [2.05, 4.69) is 0 Å². The van der Waals surface area contributed by atoms with E-state index in [1.165, 1.54) is 6.92 Å². The molecule has 0 aliphatic carbocycles. The van der Waals surface area contributed by atoms with Gasteiger partial charge in [-0.25, -0.2) is 4.79 Å². The molecule has 0 aliphatic heterocycles. The molecule has 0 rings (SSSR count). The summed E-state index contributed by atoms with van der Waals surface area (Å²) in [7, 11) is 0. The van der Waals surface area contributed by atoms with Gasteiger partial charge >= 0.3 is 11.9 Å². The Hall–Kier alpha value is -1.10. The Balaban J connectivity index is 3.68. The van der Waals surface area contributed by atoms with Gasteiger partial charge in [0.2, 0.25) is 0 Å². The van der Waals surface area contributed by atoms with Gasteiger partial charge in [-0.1, -0.05) is 0 Å². The van der Waals surface area contributed by atoms with E-state index in [0.717, 1.165) is 0 Å². The summed E-state index contributed by atoms with van der Waals surface area (Å²) in [5.74, 6) is -2.64. The number of hydrogen-bond acceptors (Lipinski definition) is 3. The third-order valence-electron chi connectivity index (χ3n) is 0.846. The van der Waals surface area contributed by atoms with Crippen LogP contribution in [0.15, 0.2) is 0 Å². The molecule has 3 N–H and O–H groups in total. The summed E-state index contributed by atoms with van der Waals surface area (Å²) in [4.78, 5) is 20.1. The van der Waals surface area contributed by atoms with Crippen LogP contribution in [-0.2, 0) is 9.59 Å². The molecule has 0 heterocycles. The summed E-state index contributed by atoms with van der Waals surface area (Å²) in [6, 6.07) is -0.511. The van der Waals surface area contributed by atoms with Crippen molar-refractivity contribution < 1.29 is 19.8 Å². The first-order chi connectivity index (χ1) is 4.57. The third kappa shape index (κ3) is 3.03. The number of carboxylic acids is 1. The highest BCUT2D eigenvalue weighted by atomic mass is 16.4. The van der Waals surface area contributed by atoms with Gasteiger partial charge in [-0.2, -0.15) is 0 Å². The Morgan fingerprint density at radius 1 is 1.60 bits per heavy atom. The second kappa shape index (κ2) is 3.84. The SMILES string of the molecule is CC(CO)NC(=O)C(=O)O. The summed E-state index contributed by atoms with van der Waals surface area (Å²) in [5.41, 5.74) is 0. The maximum absolute atomic E-state index is 10.3. The minimum Gasteiger partial charge on any atom is -0.474 e. The average Bonchev–Trinajstić information content (AvgIpc) is 1.87. The van der Waals surface area contributed by atoms with Gasteiger partial charge in [-0.15, -0.1) is 0 Å². The smallest absolute Gasteiger partial charge is 0.394 e. The molecule has 0 bridgehead atoms. The van der Waals surface area contributed by atoms with E-state index in [4.69, 9.17) is 10.2 Å². The van der Waals surface area contributed by atoms with Gasteiger partial charge in [0, 0.05) is 6.04 Å². The normalized spacial score (nSPS) is 12.2. The Morgan fingerprint density at radius 3 is 2.40 bits per heavy atom. The number of rotatable bonds is 2. The van der Waals surface area contributed by atoms with Gasteiger partial charge in [0.25, 0.3) is 0 Å². The Kier molecular flexibility index (Phi) is 3.42. The molecule has 5 heteroatoms. The highest BCUT2D eigenvalue weighted by molar-refractivity contribution is 6.31. The molecule has 58 valence electrons. The van der Waals surface area contributed by atoms with Crippen molar-refractivity contribution in [2.24, 2.45) is 0 Å². The monoisotopic (exact) mass is 147 g/mol. The van der Waals surface area contributed by atoms with E-state index in [1.54, 1.807) is 0 Å². The fraction of sp³-hybridized carbons (Fsp3) is 0.600. The predicted octanol–water partition coefficient (Wildman–Crippen LogP) is -1.43. The number of aliphatic hydroxyl groups is 1. The lowest BCUT2D eigenvalue weighted by molar-refractivity contribution is -0.150. The maximum atomic E-state index is 10.3. The van der Waals surface area contributed by atoms with E-state index in [-0.39, 0.29) is 6.61 Å². The molecule has 0 spiro atoms. The molecule has 5 nitrogen and oxygen atoms in total. The summed E-state index contributed by atoms with van der Waals surface area (Å²) < 4.78 is 0. The number of aliphatic carboxylic acids is 1. The number of nitrogens with one attached hydrogen (secondary N) is 1. The summed E-state index contributed by atoms with van der Waals surface area (Å²) >= 11 is 0. The number of carbonyl (C=O) groups excluding carboxylic acids is 1. The molecule has 10 heavy (non-hydrogen) atoms. The van der Waals surface area contributed by atoms with Crippen LogP contribution in [0.3, 0.4) is 0 Å². The van der Waals surface area contributed by atoms with Crippen LogP contribution in [0, 0.1) is 0 Å². The molecular formula is C5H9NO4. The van der Waals surface area contributed by atoms with Crippen LogP contribution in [0.5, 0.6) is 0 Å². The summed E-state index contributed by atoms with van der Waals surface area (Å²) in [6.45, 7) is 1.24. The summed E-state index contributed by atoms with van der Waals surface area (Å²) in [6.07, 6.45) is 0. The average molecular weight is 147 g/mol. The van der Waals surface area contributed by atoms with Crippen LogP contribution in [0.2, 0.25) is 0 Å². The standard InChI is InChI=1S/C5H9NO4/c1-3(2-7)6-4(8)5(9)10/h3,7H,2H2,1H3,(H,6,8)(H,9,10). The zero-order valence-corrected chi connectivity index (χ0v) is 5.50. The van der Waals surface area contributed by atoms with Crippen molar-refractivity contribution >= 4 is 11.9 Å². The van der Waals surface area contributed by atoms with Crippen LogP contribution >= 0.6 is 0 Å². The molecule has 0 aromatic heterocycles. The third-order valence-corrected chi connectivity index (χ3v) is 0.846. The van der Waals surface area contributed by atoms with E-state index in [0.29, 0.717) is 0 Å². The van der Waals surface area contributed by atoms with E-state index >= 15 is 0 Å². The van der Waals surface area contributed by atoms with Crippen molar-refractivity contribution in [1.29, 1.82) is 0 Å². The number of hydrogen-bond donors (Lipinski definition) is 3. The molecule has 0 fully saturated rings. The first-order valence-electron chi connectivity index (χ1n) is 2.72. The molecular weight excluding hydrogens is 138 g/mol. The minimum absolute atomic E-state index is 0.265. The molecule has 0 aliphatic rings. The van der Waals surface area contributed by atoms with Crippen molar-refractivity contribution in [2.45, 2.75) is 13.0 Å². The maximum Gasteiger partial charge on any atom is 0.394 e. The number of amides is 1. The van der Waals surface area contributed by atoms with Gasteiger partial charge in [0.15, 0.2) is 0 Å². The van der Waals surface area contributed by atoms with Crippen molar-refractivity contribution in [3.63, 3.8) is 0 Å². The zero-order valence-electron chi connectivity index (χ0n) is 5.50. The van der Waals surface area contributed by atoms with Crippen LogP contribution in [0.4, 0.5) is 0 Å². The Morgan fingerprint density at radius 2 is 2.10 bits per heavy atom. The van der Waals surface area contributed by atoms with E-state index in [1.807, 2.05) is 5.32 Å². The second-order valence-electron chi connectivity index (χ2n) is 1.86. The van der Waals surface area contributed by atoms with E-state index in [9.17, 15) is 9.59 Å².